The Labute approximate surface area is 114 Å². The minimum absolute atomic E-state index is 0.0809. The summed E-state index contributed by atoms with van der Waals surface area (Å²) in [5.41, 5.74) is 0. The average Bonchev–Trinajstić information content (AvgIpc) is 2.63. The number of hydrogen-bond acceptors (Lipinski definition) is 4. The van der Waals surface area contributed by atoms with Crippen molar-refractivity contribution in [1.82, 2.24) is 9.80 Å². The summed E-state index contributed by atoms with van der Waals surface area (Å²) < 4.78 is 22.9. The quantitative estimate of drug-likeness (QED) is 0.657. The number of alkyl halides is 1. The van der Waals surface area contributed by atoms with Crippen LogP contribution in [0.25, 0.3) is 0 Å². The van der Waals surface area contributed by atoms with Gasteiger partial charge in [-0.2, -0.15) is 0 Å². The van der Waals surface area contributed by atoms with Crippen molar-refractivity contribution >= 4 is 27.3 Å². The van der Waals surface area contributed by atoms with Gasteiger partial charge in [-0.25, -0.2) is 8.42 Å². The van der Waals surface area contributed by atoms with Crippen LogP contribution in [0, 0.1) is 0 Å². The van der Waals surface area contributed by atoms with Crippen LogP contribution >= 0.6 is 11.6 Å². The highest BCUT2D eigenvalue weighted by Crippen LogP contribution is 2.18. The summed E-state index contributed by atoms with van der Waals surface area (Å²) in [6.45, 7) is 1.44. The van der Waals surface area contributed by atoms with Crippen LogP contribution in [0.15, 0.2) is 0 Å². The second-order valence-corrected chi connectivity index (χ2v) is 7.43. The van der Waals surface area contributed by atoms with Gasteiger partial charge in [0.2, 0.25) is 5.91 Å². The van der Waals surface area contributed by atoms with Gasteiger partial charge < -0.3 is 9.80 Å². The van der Waals surface area contributed by atoms with Crippen molar-refractivity contribution in [2.45, 2.75) is 18.9 Å². The lowest BCUT2D eigenvalue weighted by molar-refractivity contribution is -0.130. The zero-order valence-electron chi connectivity index (χ0n) is 10.9. The molecule has 0 aliphatic carbocycles. The lowest BCUT2D eigenvalue weighted by Gasteiger charge is -2.28. The first-order chi connectivity index (χ1) is 8.35. The van der Waals surface area contributed by atoms with Crippen LogP contribution in [0.1, 0.15) is 12.8 Å². The summed E-state index contributed by atoms with van der Waals surface area (Å²) in [5.74, 6) is 0.00516. The normalized spacial score (nSPS) is 22.3. The number of hydrogen-bond donors (Lipinski definition) is 0. The summed E-state index contributed by atoms with van der Waals surface area (Å²) in [6, 6.07) is -0.191. The molecule has 0 N–H and O–H groups in total. The van der Waals surface area contributed by atoms with Crippen molar-refractivity contribution in [3.05, 3.63) is 0 Å². The summed E-state index contributed by atoms with van der Waals surface area (Å²) in [5, 5.41) is 0. The molecule has 1 amide bonds. The number of amides is 1. The molecule has 1 atom stereocenters. The molecule has 5 nitrogen and oxygen atoms in total. The van der Waals surface area contributed by atoms with Crippen molar-refractivity contribution in [3.63, 3.8) is 0 Å². The summed E-state index contributed by atoms with van der Waals surface area (Å²) >= 11 is 5.59. The molecule has 0 aromatic rings. The summed E-state index contributed by atoms with van der Waals surface area (Å²) in [7, 11) is 0.961. The van der Waals surface area contributed by atoms with E-state index >= 15 is 0 Å². The molecule has 0 bridgehead atoms. The molecule has 1 aliphatic rings. The van der Waals surface area contributed by atoms with E-state index in [9.17, 15) is 13.2 Å². The van der Waals surface area contributed by atoms with Crippen LogP contribution in [0.2, 0.25) is 0 Å². The number of rotatable bonds is 6. The lowest BCUT2D eigenvalue weighted by Crippen LogP contribution is -2.43. The van der Waals surface area contributed by atoms with Crippen LogP contribution in [-0.2, 0) is 14.6 Å². The number of sulfone groups is 1. The highest BCUT2D eigenvalue weighted by atomic mass is 35.5. The number of carbonyl (C=O) groups excluding carboxylic acids is 1. The van der Waals surface area contributed by atoms with Crippen LogP contribution in [-0.4, -0.2) is 74.7 Å². The fraction of sp³-hybridized carbons (Fsp3) is 0.909. The Morgan fingerprint density at radius 3 is 2.44 bits per heavy atom. The molecule has 18 heavy (non-hydrogen) atoms. The van der Waals surface area contributed by atoms with Gasteiger partial charge in [0.1, 0.15) is 5.88 Å². The van der Waals surface area contributed by atoms with Crippen molar-refractivity contribution < 1.29 is 13.2 Å². The molecule has 1 aliphatic heterocycles. The van der Waals surface area contributed by atoms with E-state index < -0.39 is 9.84 Å². The monoisotopic (exact) mass is 296 g/mol. The Bertz CT molecular complexity index is 384. The van der Waals surface area contributed by atoms with Gasteiger partial charge in [-0.1, -0.05) is 0 Å². The van der Waals surface area contributed by atoms with E-state index in [0.29, 0.717) is 13.0 Å². The smallest absolute Gasteiger partial charge is 0.237 e. The van der Waals surface area contributed by atoms with E-state index in [0.717, 1.165) is 13.0 Å². The Balaban J connectivity index is 2.59. The van der Waals surface area contributed by atoms with E-state index in [2.05, 4.69) is 0 Å². The molecule has 0 aromatic carbocycles. The molecule has 1 heterocycles. The fourth-order valence-electron chi connectivity index (χ4n) is 2.17. The maximum Gasteiger partial charge on any atom is 0.237 e. The molecule has 7 heteroatoms. The Hall–Kier alpha value is -0.330. The first-order valence-corrected chi connectivity index (χ1v) is 8.42. The highest BCUT2D eigenvalue weighted by molar-refractivity contribution is 7.91. The van der Waals surface area contributed by atoms with E-state index in [1.54, 1.807) is 4.90 Å². The third kappa shape index (κ3) is 4.74. The average molecular weight is 297 g/mol. The van der Waals surface area contributed by atoms with Crippen molar-refractivity contribution in [2.75, 3.05) is 44.6 Å². The van der Waals surface area contributed by atoms with Crippen molar-refractivity contribution in [3.8, 4) is 0 Å². The molecule has 0 aromatic heterocycles. The van der Waals surface area contributed by atoms with Gasteiger partial charge in [-0.05, 0) is 33.5 Å². The molecule has 106 valence electrons. The van der Waals surface area contributed by atoms with Crippen molar-refractivity contribution in [1.29, 1.82) is 0 Å². The maximum atomic E-state index is 11.8. The zero-order valence-corrected chi connectivity index (χ0v) is 12.5. The van der Waals surface area contributed by atoms with Gasteiger partial charge >= 0.3 is 0 Å². The molecule has 1 fully saturated rings. The second-order valence-electron chi connectivity index (χ2n) is 4.93. The van der Waals surface area contributed by atoms with Crippen LogP contribution in [0.5, 0.6) is 0 Å². The topological polar surface area (TPSA) is 57.7 Å². The van der Waals surface area contributed by atoms with Crippen LogP contribution in [0.3, 0.4) is 0 Å². The van der Waals surface area contributed by atoms with E-state index in [-0.39, 0.29) is 29.3 Å². The minimum Gasteiger partial charge on any atom is -0.338 e. The zero-order chi connectivity index (χ0) is 13.8. The first-order valence-electron chi connectivity index (χ1n) is 6.06. The Morgan fingerprint density at radius 2 is 2.00 bits per heavy atom. The molecule has 0 radical (unpaired) electrons. The van der Waals surface area contributed by atoms with Gasteiger partial charge in [0, 0.05) is 12.6 Å². The van der Waals surface area contributed by atoms with Gasteiger partial charge in [0.05, 0.1) is 11.5 Å². The molecule has 0 unspecified atom stereocenters. The minimum atomic E-state index is -2.97. The second kappa shape index (κ2) is 6.73. The van der Waals surface area contributed by atoms with Gasteiger partial charge in [-0.3, -0.25) is 4.79 Å². The van der Waals surface area contributed by atoms with Crippen LogP contribution in [0.4, 0.5) is 0 Å². The third-order valence-corrected chi connectivity index (χ3v) is 5.07. The maximum absolute atomic E-state index is 11.8. The SMILES string of the molecule is CN(C)CCCN(C(=O)CCl)[C@H]1CCS(=O)(=O)C1. The van der Waals surface area contributed by atoms with Gasteiger partial charge in [0.25, 0.3) is 0 Å². The third-order valence-electron chi connectivity index (χ3n) is 3.09. The number of carbonyl (C=O) groups is 1. The van der Waals surface area contributed by atoms with Crippen molar-refractivity contribution in [2.24, 2.45) is 0 Å². The molecule has 0 saturated carbocycles. The van der Waals surface area contributed by atoms with Gasteiger partial charge in [0.15, 0.2) is 9.84 Å². The van der Waals surface area contributed by atoms with Gasteiger partial charge in [-0.15, -0.1) is 11.6 Å². The van der Waals surface area contributed by atoms with E-state index in [1.807, 2.05) is 19.0 Å². The molecular formula is C11H21ClN2O3S. The Morgan fingerprint density at radius 1 is 1.33 bits per heavy atom. The highest BCUT2D eigenvalue weighted by Gasteiger charge is 2.33. The molecular weight excluding hydrogens is 276 g/mol. The summed E-state index contributed by atoms with van der Waals surface area (Å²) in [6.07, 6.45) is 1.36. The predicted molar refractivity (Wildman–Crippen MR) is 72.7 cm³/mol. The molecule has 1 saturated heterocycles. The summed E-state index contributed by atoms with van der Waals surface area (Å²) in [4.78, 5) is 15.4. The predicted octanol–water partition coefficient (Wildman–Crippen LogP) is 0.193. The van der Waals surface area contributed by atoms with E-state index in [4.69, 9.17) is 11.6 Å². The largest absolute Gasteiger partial charge is 0.338 e. The molecule has 0 spiro atoms. The van der Waals surface area contributed by atoms with Crippen LogP contribution < -0.4 is 0 Å². The lowest BCUT2D eigenvalue weighted by atomic mass is 10.2. The first kappa shape index (κ1) is 15.7. The number of nitrogens with zero attached hydrogens (tertiary/aromatic N) is 2. The number of halogens is 1. The molecule has 1 rings (SSSR count). The Kier molecular flexibility index (Phi) is 5.88. The van der Waals surface area contributed by atoms with E-state index in [1.165, 1.54) is 0 Å². The standard InChI is InChI=1S/C11H21ClN2O3S/c1-13(2)5-3-6-14(11(15)8-12)10-4-7-18(16,17)9-10/h10H,3-9H2,1-2H3/t10-/m0/s1. The fourth-order valence-corrected chi connectivity index (χ4v) is 4.05.